The van der Waals surface area contributed by atoms with Crippen LogP contribution < -0.4 is 0 Å². The molecule has 2 rings (SSSR count). The van der Waals surface area contributed by atoms with Crippen LogP contribution in [0.25, 0.3) is 0 Å². The van der Waals surface area contributed by atoms with Gasteiger partial charge in [-0.1, -0.05) is 6.42 Å². The lowest BCUT2D eigenvalue weighted by Gasteiger charge is -2.18. The summed E-state index contributed by atoms with van der Waals surface area (Å²) in [4.78, 5) is 14.7. The summed E-state index contributed by atoms with van der Waals surface area (Å²) in [7, 11) is 0. The van der Waals surface area contributed by atoms with Crippen LogP contribution in [0.3, 0.4) is 0 Å². The zero-order valence-electron chi connectivity index (χ0n) is 8.53. The molecule has 1 aliphatic carbocycles. The minimum Gasteiger partial charge on any atom is -0.303 e. The second-order valence-corrected chi connectivity index (χ2v) is 4.95. The number of aromatic nitrogens is 1. The number of rotatable bonds is 3. The largest absolute Gasteiger partial charge is 0.303 e. The maximum absolute atomic E-state index is 10.6. The van der Waals surface area contributed by atoms with E-state index in [0.717, 1.165) is 10.8 Å². The summed E-state index contributed by atoms with van der Waals surface area (Å²) in [5, 5.41) is 0. The summed E-state index contributed by atoms with van der Waals surface area (Å²) >= 11 is 3.53. The second kappa shape index (κ2) is 4.88. The summed E-state index contributed by atoms with van der Waals surface area (Å²) in [6.45, 7) is 0. The van der Waals surface area contributed by atoms with E-state index in [-0.39, 0.29) is 0 Å². The van der Waals surface area contributed by atoms with Crippen LogP contribution in [0.4, 0.5) is 0 Å². The minimum atomic E-state index is 0.529. The summed E-state index contributed by atoms with van der Waals surface area (Å²) in [5.41, 5.74) is 1.31. The van der Waals surface area contributed by atoms with Gasteiger partial charge >= 0.3 is 0 Å². The van der Waals surface area contributed by atoms with Crippen molar-refractivity contribution in [3.05, 3.63) is 28.5 Å². The quantitative estimate of drug-likeness (QED) is 0.787. The van der Waals surface area contributed by atoms with Gasteiger partial charge < -0.3 is 4.79 Å². The maximum atomic E-state index is 10.6. The van der Waals surface area contributed by atoms with Crippen molar-refractivity contribution in [1.82, 2.24) is 4.98 Å². The number of pyridine rings is 1. The molecule has 1 aliphatic rings. The number of hydrogen-bond acceptors (Lipinski definition) is 2. The summed E-state index contributed by atoms with van der Waals surface area (Å²) < 4.78 is 1.08. The Morgan fingerprint density at radius 3 is 3.13 bits per heavy atom. The first kappa shape index (κ1) is 10.8. The van der Waals surface area contributed by atoms with Gasteiger partial charge in [0.2, 0.25) is 0 Å². The Balaban J connectivity index is 2.22. The highest BCUT2D eigenvalue weighted by molar-refractivity contribution is 9.10. The number of aldehydes is 1. The number of hydrogen-bond donors (Lipinski definition) is 0. The van der Waals surface area contributed by atoms with E-state index in [4.69, 9.17) is 0 Å². The zero-order valence-corrected chi connectivity index (χ0v) is 10.1. The molecular weight excluding hydrogens is 254 g/mol. The van der Waals surface area contributed by atoms with E-state index >= 15 is 0 Å². The van der Waals surface area contributed by atoms with Crippen LogP contribution in [0.15, 0.2) is 22.9 Å². The first-order valence-electron chi connectivity index (χ1n) is 5.36. The molecule has 0 N–H and O–H groups in total. The average molecular weight is 268 g/mol. The molecule has 2 unspecified atom stereocenters. The van der Waals surface area contributed by atoms with Gasteiger partial charge in [-0.15, -0.1) is 0 Å². The van der Waals surface area contributed by atoms with Gasteiger partial charge in [-0.05, 0) is 52.2 Å². The first-order valence-corrected chi connectivity index (χ1v) is 6.15. The van der Waals surface area contributed by atoms with Crippen molar-refractivity contribution in [3.8, 4) is 0 Å². The Morgan fingerprint density at radius 1 is 1.53 bits per heavy atom. The molecule has 0 amide bonds. The lowest BCUT2D eigenvalue weighted by molar-refractivity contribution is -0.108. The topological polar surface area (TPSA) is 30.0 Å². The van der Waals surface area contributed by atoms with E-state index in [9.17, 15) is 4.79 Å². The molecule has 0 bridgehead atoms. The SMILES string of the molecule is O=CCC1CCCC1c1ccncc1Br. The van der Waals surface area contributed by atoms with Gasteiger partial charge in [-0.3, -0.25) is 4.98 Å². The lowest BCUT2D eigenvalue weighted by Crippen LogP contribution is -2.07. The third-order valence-corrected chi connectivity index (χ3v) is 3.92. The van der Waals surface area contributed by atoms with Gasteiger partial charge in [0.15, 0.2) is 0 Å². The predicted molar refractivity (Wildman–Crippen MR) is 62.7 cm³/mol. The van der Waals surface area contributed by atoms with E-state index in [0.29, 0.717) is 18.3 Å². The van der Waals surface area contributed by atoms with Gasteiger partial charge in [-0.2, -0.15) is 0 Å². The van der Waals surface area contributed by atoms with Crippen molar-refractivity contribution in [3.63, 3.8) is 0 Å². The van der Waals surface area contributed by atoms with Crippen LogP contribution in [0.2, 0.25) is 0 Å². The fourth-order valence-electron chi connectivity index (χ4n) is 2.54. The molecule has 3 heteroatoms. The first-order chi connectivity index (χ1) is 7.33. The predicted octanol–water partition coefficient (Wildman–Crippen LogP) is 3.32. The van der Waals surface area contributed by atoms with E-state index in [1.54, 1.807) is 0 Å². The number of carbonyl (C=O) groups is 1. The Labute approximate surface area is 98.2 Å². The molecule has 80 valence electrons. The molecule has 2 nitrogen and oxygen atoms in total. The normalized spacial score (nSPS) is 25.4. The smallest absolute Gasteiger partial charge is 0.120 e. The van der Waals surface area contributed by atoms with Gasteiger partial charge in [0.25, 0.3) is 0 Å². The number of nitrogens with zero attached hydrogens (tertiary/aromatic N) is 1. The van der Waals surface area contributed by atoms with Crippen molar-refractivity contribution < 1.29 is 4.79 Å². The van der Waals surface area contributed by atoms with Gasteiger partial charge in [0.1, 0.15) is 6.29 Å². The van der Waals surface area contributed by atoms with E-state index in [2.05, 4.69) is 27.0 Å². The van der Waals surface area contributed by atoms with Crippen LogP contribution in [0.1, 0.15) is 37.2 Å². The highest BCUT2D eigenvalue weighted by atomic mass is 79.9. The lowest BCUT2D eigenvalue weighted by atomic mass is 9.88. The molecule has 0 aliphatic heterocycles. The molecule has 0 saturated heterocycles. The van der Waals surface area contributed by atoms with E-state index in [1.807, 2.05) is 12.4 Å². The molecule has 1 saturated carbocycles. The Morgan fingerprint density at radius 2 is 2.40 bits per heavy atom. The minimum absolute atomic E-state index is 0.529. The Hall–Kier alpha value is -0.700. The third-order valence-electron chi connectivity index (χ3n) is 3.26. The fraction of sp³-hybridized carbons (Fsp3) is 0.500. The zero-order chi connectivity index (χ0) is 10.7. The van der Waals surface area contributed by atoms with Crippen molar-refractivity contribution in [2.75, 3.05) is 0 Å². The van der Waals surface area contributed by atoms with Crippen LogP contribution >= 0.6 is 15.9 Å². The van der Waals surface area contributed by atoms with Gasteiger partial charge in [-0.25, -0.2) is 0 Å². The average Bonchev–Trinajstić information content (AvgIpc) is 2.67. The molecule has 1 aromatic rings. The van der Waals surface area contributed by atoms with Crippen molar-refractivity contribution in [2.45, 2.75) is 31.6 Å². The number of carbonyl (C=O) groups excluding carboxylic acids is 1. The molecule has 1 heterocycles. The van der Waals surface area contributed by atoms with Crippen LogP contribution in [-0.2, 0) is 4.79 Å². The van der Waals surface area contributed by atoms with Crippen molar-refractivity contribution >= 4 is 22.2 Å². The molecule has 1 fully saturated rings. The van der Waals surface area contributed by atoms with Gasteiger partial charge in [0.05, 0.1) is 0 Å². The molecule has 0 radical (unpaired) electrons. The second-order valence-electron chi connectivity index (χ2n) is 4.10. The van der Waals surface area contributed by atoms with Crippen molar-refractivity contribution in [1.29, 1.82) is 0 Å². The molecule has 2 atom stereocenters. The maximum Gasteiger partial charge on any atom is 0.120 e. The standard InChI is InChI=1S/C12H14BrNO/c13-12-8-14-6-4-11(12)10-3-1-2-9(10)5-7-15/h4,6-10H,1-3,5H2. The highest BCUT2D eigenvalue weighted by Crippen LogP contribution is 2.43. The third kappa shape index (κ3) is 2.28. The van der Waals surface area contributed by atoms with E-state index < -0.39 is 0 Å². The van der Waals surface area contributed by atoms with Crippen LogP contribution in [0, 0.1) is 5.92 Å². The molecular formula is C12H14BrNO. The summed E-state index contributed by atoms with van der Waals surface area (Å²) in [5.74, 6) is 1.06. The Kier molecular flexibility index (Phi) is 3.52. The fourth-order valence-corrected chi connectivity index (χ4v) is 3.08. The Bertz CT molecular complexity index is 353. The molecule has 15 heavy (non-hydrogen) atoms. The van der Waals surface area contributed by atoms with E-state index in [1.165, 1.54) is 24.8 Å². The van der Waals surface area contributed by atoms with Crippen molar-refractivity contribution in [2.24, 2.45) is 5.92 Å². The monoisotopic (exact) mass is 267 g/mol. The van der Waals surface area contributed by atoms with Gasteiger partial charge in [0, 0.05) is 23.3 Å². The van der Waals surface area contributed by atoms with Crippen LogP contribution in [-0.4, -0.2) is 11.3 Å². The number of halogens is 1. The molecule has 0 spiro atoms. The summed E-state index contributed by atoms with van der Waals surface area (Å²) in [6, 6.07) is 2.07. The van der Waals surface area contributed by atoms with Crippen LogP contribution in [0.5, 0.6) is 0 Å². The molecule has 1 aromatic heterocycles. The summed E-state index contributed by atoms with van der Waals surface area (Å²) in [6.07, 6.45) is 9.02. The highest BCUT2D eigenvalue weighted by Gasteiger charge is 2.29. The molecule has 0 aromatic carbocycles.